The van der Waals surface area contributed by atoms with Gasteiger partial charge in [-0.05, 0) is 62.2 Å². The van der Waals surface area contributed by atoms with E-state index in [9.17, 15) is 18.0 Å². The van der Waals surface area contributed by atoms with E-state index < -0.39 is 34.4 Å². The molecule has 44 heavy (non-hydrogen) atoms. The number of ether oxygens (including phenoxy) is 3. The minimum Gasteiger partial charge on any atom is -0.495 e. The highest BCUT2D eigenvalue weighted by atomic mass is 35.5. The Hall–Kier alpha value is -3.67. The largest absolute Gasteiger partial charge is 0.495 e. The zero-order valence-electron chi connectivity index (χ0n) is 25.5. The van der Waals surface area contributed by atoms with E-state index in [-0.39, 0.29) is 39.7 Å². The quantitative estimate of drug-likeness (QED) is 0.240. The first-order valence-electron chi connectivity index (χ1n) is 13.8. The minimum atomic E-state index is -4.45. The minimum absolute atomic E-state index is 0.0255. The molecule has 0 fully saturated rings. The van der Waals surface area contributed by atoms with Gasteiger partial charge in [0.25, 0.3) is 10.0 Å². The monoisotopic (exact) mass is 665 g/mol. The van der Waals surface area contributed by atoms with Gasteiger partial charge in [-0.15, -0.1) is 0 Å². The molecule has 238 valence electrons. The van der Waals surface area contributed by atoms with Crippen LogP contribution in [0.5, 0.6) is 17.2 Å². The molecule has 10 nitrogen and oxygen atoms in total. The molecule has 3 aromatic carbocycles. The normalized spacial score (nSPS) is 12.5. The van der Waals surface area contributed by atoms with Gasteiger partial charge in [0, 0.05) is 28.7 Å². The highest BCUT2D eigenvalue weighted by Crippen LogP contribution is 2.37. The molecule has 0 aliphatic rings. The fourth-order valence-corrected chi connectivity index (χ4v) is 6.13. The number of halogens is 2. The van der Waals surface area contributed by atoms with Crippen molar-refractivity contribution in [1.29, 1.82) is 0 Å². The van der Waals surface area contributed by atoms with Crippen LogP contribution in [-0.2, 0) is 26.2 Å². The molecule has 0 spiro atoms. The lowest BCUT2D eigenvalue weighted by atomic mass is 10.1. The highest BCUT2D eigenvalue weighted by molar-refractivity contribution is 7.92. The molecule has 0 radical (unpaired) electrons. The predicted octanol–water partition coefficient (Wildman–Crippen LogP) is 5.55. The molecule has 0 unspecified atom stereocenters. The first-order chi connectivity index (χ1) is 20.9. The van der Waals surface area contributed by atoms with Crippen molar-refractivity contribution < 1.29 is 32.2 Å². The molecule has 13 heteroatoms. The Bertz CT molecular complexity index is 1590. The van der Waals surface area contributed by atoms with Crippen LogP contribution >= 0.6 is 23.2 Å². The molecule has 3 aromatic rings. The summed E-state index contributed by atoms with van der Waals surface area (Å²) in [6, 6.07) is 14.3. The van der Waals surface area contributed by atoms with Gasteiger partial charge in [0.15, 0.2) is 11.5 Å². The average Bonchev–Trinajstić information content (AvgIpc) is 3.02. The number of hydrogen-bond acceptors (Lipinski definition) is 7. The van der Waals surface area contributed by atoms with E-state index >= 15 is 0 Å². The Morgan fingerprint density at radius 3 is 2.14 bits per heavy atom. The van der Waals surface area contributed by atoms with Gasteiger partial charge in [-0.3, -0.25) is 13.9 Å². The topological polar surface area (TPSA) is 114 Å². The third-order valence-corrected chi connectivity index (χ3v) is 9.46. The van der Waals surface area contributed by atoms with Gasteiger partial charge in [-0.25, -0.2) is 8.42 Å². The van der Waals surface area contributed by atoms with Crippen molar-refractivity contribution in [2.75, 3.05) is 32.2 Å². The molecule has 1 N–H and O–H groups in total. The van der Waals surface area contributed by atoms with E-state index in [0.29, 0.717) is 22.8 Å². The number of amides is 2. The van der Waals surface area contributed by atoms with Gasteiger partial charge in [0.1, 0.15) is 18.3 Å². The van der Waals surface area contributed by atoms with Crippen LogP contribution in [0, 0.1) is 0 Å². The molecule has 0 aliphatic carbocycles. The third-order valence-electron chi connectivity index (χ3n) is 7.10. The summed E-state index contributed by atoms with van der Waals surface area (Å²) in [6.45, 7) is 4.62. The van der Waals surface area contributed by atoms with Crippen LogP contribution in [0.4, 0.5) is 5.69 Å². The Morgan fingerprint density at radius 2 is 1.52 bits per heavy atom. The zero-order chi connectivity index (χ0) is 32.6. The number of hydrogen-bond donors (Lipinski definition) is 1. The summed E-state index contributed by atoms with van der Waals surface area (Å²) in [7, 11) is -0.265. The van der Waals surface area contributed by atoms with Crippen molar-refractivity contribution in [3.63, 3.8) is 0 Å². The van der Waals surface area contributed by atoms with Gasteiger partial charge in [0.2, 0.25) is 11.8 Å². The number of rotatable bonds is 14. The SMILES string of the molecule is CC[C@@H](C)NC(=O)[C@H](C)N(Cc1ccccc1Cl)C(=O)CN(c1cc(Cl)ccc1OC)S(=O)(=O)c1ccc(OC)c(OC)c1. The number of anilines is 1. The average molecular weight is 667 g/mol. The van der Waals surface area contributed by atoms with Crippen LogP contribution in [0.2, 0.25) is 10.0 Å². The van der Waals surface area contributed by atoms with Crippen molar-refractivity contribution >= 4 is 50.7 Å². The molecule has 0 aliphatic heterocycles. The van der Waals surface area contributed by atoms with Gasteiger partial charge < -0.3 is 24.4 Å². The lowest BCUT2D eigenvalue weighted by molar-refractivity contribution is -0.139. The van der Waals surface area contributed by atoms with Crippen molar-refractivity contribution in [2.24, 2.45) is 0 Å². The number of benzene rings is 3. The van der Waals surface area contributed by atoms with Crippen molar-refractivity contribution in [1.82, 2.24) is 10.2 Å². The van der Waals surface area contributed by atoms with E-state index in [2.05, 4.69) is 5.32 Å². The van der Waals surface area contributed by atoms with Crippen molar-refractivity contribution in [3.05, 3.63) is 76.3 Å². The van der Waals surface area contributed by atoms with Crippen LogP contribution in [0.25, 0.3) is 0 Å². The molecule has 0 saturated carbocycles. The summed E-state index contributed by atoms with van der Waals surface area (Å²) in [4.78, 5) is 28.6. The molecule has 2 amide bonds. The van der Waals surface area contributed by atoms with Crippen LogP contribution in [-0.4, -0.2) is 65.1 Å². The number of methoxy groups -OCH3 is 3. The summed E-state index contributed by atoms with van der Waals surface area (Å²) in [5.74, 6) is -0.404. The van der Waals surface area contributed by atoms with E-state index in [4.69, 9.17) is 37.4 Å². The summed E-state index contributed by atoms with van der Waals surface area (Å²) in [5.41, 5.74) is 0.609. The fraction of sp³-hybridized carbons (Fsp3) is 0.355. The number of nitrogens with zero attached hydrogens (tertiary/aromatic N) is 2. The number of sulfonamides is 1. The maximum atomic E-state index is 14.3. The molecule has 2 atom stereocenters. The second kappa shape index (κ2) is 15.4. The third kappa shape index (κ3) is 8.08. The Balaban J connectivity index is 2.15. The van der Waals surface area contributed by atoms with Crippen LogP contribution < -0.4 is 23.8 Å². The van der Waals surface area contributed by atoms with E-state index in [1.807, 2.05) is 13.8 Å². The molecular formula is C31H37Cl2N3O7S. The zero-order valence-corrected chi connectivity index (χ0v) is 27.8. The van der Waals surface area contributed by atoms with Gasteiger partial charge in [0.05, 0.1) is 31.9 Å². The Morgan fingerprint density at radius 1 is 0.886 bits per heavy atom. The second-order valence-corrected chi connectivity index (χ2v) is 12.7. The summed E-state index contributed by atoms with van der Waals surface area (Å²) in [6.07, 6.45) is 0.683. The van der Waals surface area contributed by atoms with Gasteiger partial charge in [-0.1, -0.05) is 48.3 Å². The van der Waals surface area contributed by atoms with E-state index in [1.165, 1.54) is 62.6 Å². The van der Waals surface area contributed by atoms with Gasteiger partial charge >= 0.3 is 0 Å². The standard InChI is InChI=1S/C31H37Cl2N3O7S/c1-7-20(2)34-31(38)21(3)35(18-22-10-8-9-11-25(22)33)30(37)19-36(26-16-23(32)12-14-27(26)41-4)44(39,40)24-13-15-28(42-5)29(17-24)43-6/h8-17,20-21H,7,18-19H2,1-6H3,(H,34,38)/t20-,21+/m1/s1. The van der Waals surface area contributed by atoms with E-state index in [1.54, 1.807) is 31.2 Å². The molecule has 3 rings (SSSR count). The van der Waals surface area contributed by atoms with E-state index in [0.717, 1.165) is 4.31 Å². The first-order valence-corrected chi connectivity index (χ1v) is 16.0. The lowest BCUT2D eigenvalue weighted by Gasteiger charge is -2.33. The molecule has 0 saturated heterocycles. The summed E-state index contributed by atoms with van der Waals surface area (Å²) < 4.78 is 45.6. The maximum Gasteiger partial charge on any atom is 0.265 e. The highest BCUT2D eigenvalue weighted by Gasteiger charge is 2.35. The summed E-state index contributed by atoms with van der Waals surface area (Å²) in [5, 5.41) is 3.51. The first kappa shape index (κ1) is 34.8. The van der Waals surface area contributed by atoms with Crippen LogP contribution in [0.15, 0.2) is 65.6 Å². The maximum absolute atomic E-state index is 14.3. The van der Waals surface area contributed by atoms with Gasteiger partial charge in [-0.2, -0.15) is 0 Å². The van der Waals surface area contributed by atoms with Crippen molar-refractivity contribution in [3.8, 4) is 17.2 Å². The predicted molar refractivity (Wildman–Crippen MR) is 171 cm³/mol. The fourth-order valence-electron chi connectivity index (χ4n) is 4.33. The smallest absolute Gasteiger partial charge is 0.265 e. The second-order valence-electron chi connectivity index (χ2n) is 9.95. The molecule has 0 aromatic heterocycles. The lowest BCUT2D eigenvalue weighted by Crippen LogP contribution is -2.52. The Labute approximate surface area is 268 Å². The van der Waals surface area contributed by atoms with Crippen molar-refractivity contribution in [2.45, 2.75) is 50.7 Å². The van der Waals surface area contributed by atoms with Crippen LogP contribution in [0.1, 0.15) is 32.8 Å². The van der Waals surface area contributed by atoms with Crippen LogP contribution in [0.3, 0.4) is 0 Å². The molecule has 0 heterocycles. The number of carbonyl (C=O) groups is 2. The number of carbonyl (C=O) groups excluding carboxylic acids is 2. The Kier molecular flexibility index (Phi) is 12.2. The summed E-state index contributed by atoms with van der Waals surface area (Å²) >= 11 is 12.7. The molecular weight excluding hydrogens is 629 g/mol. The number of nitrogens with one attached hydrogen (secondary N) is 1. The molecule has 0 bridgehead atoms.